The largest absolute Gasteiger partial charge is 0.467 e. The molecule has 1 N–H and O–H groups in total. The average molecular weight is 542 g/mol. The number of nitrogens with zero attached hydrogens (tertiary/aromatic N) is 2. The van der Waals surface area contributed by atoms with Crippen LogP contribution in [-0.2, 0) is 9.53 Å². The summed E-state index contributed by atoms with van der Waals surface area (Å²) in [6.07, 6.45) is 2.02. The maximum atomic E-state index is 13.4. The van der Waals surface area contributed by atoms with Gasteiger partial charge in [-0.05, 0) is 63.1 Å². The number of carbonyl (C=O) groups excluding carboxylic acids is 3. The van der Waals surface area contributed by atoms with E-state index in [-0.39, 0.29) is 29.9 Å². The van der Waals surface area contributed by atoms with Crippen molar-refractivity contribution in [2.45, 2.75) is 44.9 Å². The van der Waals surface area contributed by atoms with Gasteiger partial charge in [0.25, 0.3) is 5.91 Å². The molecule has 3 aliphatic heterocycles. The smallest absolute Gasteiger partial charge is 0.325 e. The summed E-state index contributed by atoms with van der Waals surface area (Å²) >= 11 is 3.49. The first-order valence-electron chi connectivity index (χ1n) is 11.9. The van der Waals surface area contributed by atoms with Crippen molar-refractivity contribution in [1.29, 1.82) is 0 Å². The standard InChI is InChI=1S/C26H28BrN3O5/c1-3-34-24(32)17-7-5-11-29(15-17)23(31)16-6-4-8-19(12-16)30-25(33)28-21-14-26(30,2)35-22-10-9-18(27)13-20(21)22/h4,6,8-10,12-13,17,21H,3,5,7,11,14-15H2,1-2H3,(H,28,33). The highest BCUT2D eigenvalue weighted by Gasteiger charge is 2.50. The molecule has 5 rings (SSSR count). The molecule has 9 heteroatoms. The van der Waals surface area contributed by atoms with Crippen molar-refractivity contribution < 1.29 is 23.9 Å². The maximum absolute atomic E-state index is 13.4. The number of piperidine rings is 1. The topological polar surface area (TPSA) is 88.2 Å². The van der Waals surface area contributed by atoms with Gasteiger partial charge in [-0.2, -0.15) is 0 Å². The van der Waals surface area contributed by atoms with Gasteiger partial charge in [-0.25, -0.2) is 4.79 Å². The zero-order valence-electron chi connectivity index (χ0n) is 19.8. The van der Waals surface area contributed by atoms with E-state index in [4.69, 9.17) is 9.47 Å². The van der Waals surface area contributed by atoms with E-state index in [1.54, 1.807) is 41.0 Å². The molecule has 0 radical (unpaired) electrons. The lowest BCUT2D eigenvalue weighted by molar-refractivity contribution is -0.149. The lowest BCUT2D eigenvalue weighted by Gasteiger charge is -2.50. The molecular formula is C26H28BrN3O5. The number of halogens is 1. The van der Waals surface area contributed by atoms with Crippen LogP contribution in [0.1, 0.15) is 55.1 Å². The van der Waals surface area contributed by atoms with Crippen LogP contribution in [0.3, 0.4) is 0 Å². The fourth-order valence-electron chi connectivity index (χ4n) is 5.31. The van der Waals surface area contributed by atoms with Crippen molar-refractivity contribution in [3.63, 3.8) is 0 Å². The second kappa shape index (κ2) is 9.18. The van der Waals surface area contributed by atoms with Crippen molar-refractivity contribution >= 4 is 39.5 Å². The maximum Gasteiger partial charge on any atom is 0.325 e. The van der Waals surface area contributed by atoms with Gasteiger partial charge < -0.3 is 19.7 Å². The molecule has 2 aromatic carbocycles. The second-order valence-corrected chi connectivity index (χ2v) is 10.3. The Bertz CT molecular complexity index is 1190. The lowest BCUT2D eigenvalue weighted by atomic mass is 9.90. The minimum atomic E-state index is -0.907. The highest BCUT2D eigenvalue weighted by atomic mass is 79.9. The molecule has 2 saturated heterocycles. The van der Waals surface area contributed by atoms with Crippen LogP contribution in [0.15, 0.2) is 46.9 Å². The van der Waals surface area contributed by atoms with Crippen LogP contribution in [0.5, 0.6) is 5.75 Å². The van der Waals surface area contributed by atoms with E-state index in [2.05, 4.69) is 21.2 Å². The van der Waals surface area contributed by atoms with Gasteiger partial charge in [0.15, 0.2) is 5.72 Å². The molecule has 0 aromatic heterocycles. The Hall–Kier alpha value is -3.07. The number of esters is 1. The fraction of sp³-hybridized carbons (Fsp3) is 0.423. The van der Waals surface area contributed by atoms with Crippen molar-refractivity contribution in [3.05, 3.63) is 58.1 Å². The van der Waals surface area contributed by atoms with Gasteiger partial charge in [-0.3, -0.25) is 14.5 Å². The summed E-state index contributed by atoms with van der Waals surface area (Å²) in [5.41, 5.74) is 1.07. The van der Waals surface area contributed by atoms with E-state index in [0.717, 1.165) is 22.2 Å². The molecule has 8 nitrogen and oxygen atoms in total. The Labute approximate surface area is 212 Å². The molecule has 184 valence electrons. The van der Waals surface area contributed by atoms with Crippen LogP contribution in [0, 0.1) is 5.92 Å². The first-order valence-corrected chi connectivity index (χ1v) is 12.7. The van der Waals surface area contributed by atoms with Crippen LogP contribution >= 0.6 is 15.9 Å². The molecule has 3 atom stereocenters. The summed E-state index contributed by atoms with van der Waals surface area (Å²) in [4.78, 5) is 42.1. The summed E-state index contributed by atoms with van der Waals surface area (Å²) in [6.45, 7) is 4.92. The summed E-state index contributed by atoms with van der Waals surface area (Å²) in [5.74, 6) is -0.00757. The SMILES string of the molecule is CCOC(=O)C1CCCN(C(=O)c2cccc(N3C(=O)NC4CC3(C)Oc3ccc(Br)cc34)c2)C1. The molecule has 2 bridgehead atoms. The van der Waals surface area contributed by atoms with Crippen LogP contribution in [0.25, 0.3) is 0 Å². The summed E-state index contributed by atoms with van der Waals surface area (Å²) in [6, 6.07) is 12.4. The normalized spacial score (nSPS) is 25.3. The first kappa shape index (κ1) is 23.7. The van der Waals surface area contributed by atoms with Gasteiger partial charge in [0.2, 0.25) is 0 Å². The second-order valence-electron chi connectivity index (χ2n) is 9.39. The Morgan fingerprint density at radius 2 is 2.09 bits per heavy atom. The number of fused-ring (bicyclic) bond motifs is 4. The number of carbonyl (C=O) groups is 3. The summed E-state index contributed by atoms with van der Waals surface area (Å²) in [5, 5.41) is 3.09. The molecule has 0 spiro atoms. The third-order valence-corrected chi connectivity index (χ3v) is 7.41. The number of nitrogens with one attached hydrogen (secondary N) is 1. The third kappa shape index (κ3) is 4.37. The predicted molar refractivity (Wildman–Crippen MR) is 133 cm³/mol. The zero-order valence-corrected chi connectivity index (χ0v) is 21.3. The molecule has 0 saturated carbocycles. The van der Waals surface area contributed by atoms with Crippen LogP contribution in [-0.4, -0.2) is 48.2 Å². The minimum Gasteiger partial charge on any atom is -0.467 e. The molecule has 3 amide bonds. The van der Waals surface area contributed by atoms with Gasteiger partial charge in [0.1, 0.15) is 5.75 Å². The Kier molecular flexibility index (Phi) is 6.21. The number of urea groups is 1. The van der Waals surface area contributed by atoms with Gasteiger partial charge in [-0.1, -0.05) is 22.0 Å². The number of amides is 3. The fourth-order valence-corrected chi connectivity index (χ4v) is 5.69. The Morgan fingerprint density at radius 3 is 2.89 bits per heavy atom. The van der Waals surface area contributed by atoms with Gasteiger partial charge >= 0.3 is 12.0 Å². The highest BCUT2D eigenvalue weighted by Crippen LogP contribution is 2.46. The van der Waals surface area contributed by atoms with Crippen molar-refractivity contribution in [2.75, 3.05) is 24.6 Å². The average Bonchev–Trinajstić information content (AvgIpc) is 2.84. The number of ether oxygens (including phenoxy) is 2. The Balaban J connectivity index is 1.40. The van der Waals surface area contributed by atoms with Crippen molar-refractivity contribution in [2.24, 2.45) is 5.92 Å². The van der Waals surface area contributed by atoms with Gasteiger partial charge in [0, 0.05) is 35.1 Å². The zero-order chi connectivity index (χ0) is 24.7. The number of anilines is 1. The molecule has 2 fully saturated rings. The quantitative estimate of drug-likeness (QED) is 0.570. The third-order valence-electron chi connectivity index (χ3n) is 6.91. The molecule has 35 heavy (non-hydrogen) atoms. The molecule has 0 aliphatic carbocycles. The van der Waals surface area contributed by atoms with E-state index in [1.807, 2.05) is 25.1 Å². The van der Waals surface area contributed by atoms with Crippen molar-refractivity contribution in [3.8, 4) is 5.75 Å². The van der Waals surface area contributed by atoms with E-state index in [1.165, 1.54) is 0 Å². The Morgan fingerprint density at radius 1 is 1.26 bits per heavy atom. The highest BCUT2D eigenvalue weighted by molar-refractivity contribution is 9.10. The van der Waals surface area contributed by atoms with E-state index >= 15 is 0 Å². The number of hydrogen-bond donors (Lipinski definition) is 1. The van der Waals surface area contributed by atoms with Crippen LogP contribution in [0.4, 0.5) is 10.5 Å². The molecule has 3 heterocycles. The van der Waals surface area contributed by atoms with Gasteiger partial charge in [-0.15, -0.1) is 0 Å². The summed E-state index contributed by atoms with van der Waals surface area (Å²) < 4.78 is 12.4. The molecule has 3 unspecified atom stereocenters. The molecule has 2 aromatic rings. The van der Waals surface area contributed by atoms with E-state index < -0.39 is 5.72 Å². The number of benzene rings is 2. The van der Waals surface area contributed by atoms with Crippen molar-refractivity contribution in [1.82, 2.24) is 10.2 Å². The number of hydrogen-bond acceptors (Lipinski definition) is 5. The van der Waals surface area contributed by atoms with Gasteiger partial charge in [0.05, 0.1) is 24.3 Å². The minimum absolute atomic E-state index is 0.164. The predicted octanol–water partition coefficient (Wildman–Crippen LogP) is 4.63. The summed E-state index contributed by atoms with van der Waals surface area (Å²) in [7, 11) is 0. The molecular weight excluding hydrogens is 514 g/mol. The lowest BCUT2D eigenvalue weighted by Crippen LogP contribution is -2.65. The van der Waals surface area contributed by atoms with E-state index in [0.29, 0.717) is 43.8 Å². The molecule has 3 aliphatic rings. The van der Waals surface area contributed by atoms with Crippen LogP contribution < -0.4 is 15.0 Å². The number of likely N-dealkylation sites (tertiary alicyclic amines) is 1. The first-order chi connectivity index (χ1) is 16.8. The van der Waals surface area contributed by atoms with E-state index in [9.17, 15) is 14.4 Å². The number of rotatable bonds is 4. The van der Waals surface area contributed by atoms with Crippen LogP contribution in [0.2, 0.25) is 0 Å². The monoisotopic (exact) mass is 541 g/mol.